The van der Waals surface area contributed by atoms with Crippen molar-refractivity contribution >= 4 is 11.8 Å². The van der Waals surface area contributed by atoms with Gasteiger partial charge < -0.3 is 9.47 Å². The highest BCUT2D eigenvalue weighted by atomic mass is 16.5. The molecule has 0 aliphatic heterocycles. The fourth-order valence-corrected chi connectivity index (χ4v) is 4.38. The summed E-state index contributed by atoms with van der Waals surface area (Å²) < 4.78 is 12.0. The largest absolute Gasteiger partial charge is 0.488 e. The molecule has 3 rings (SSSR count). The minimum atomic E-state index is -0.414. The molecule has 0 fully saturated rings. The van der Waals surface area contributed by atoms with Gasteiger partial charge in [0, 0.05) is 17.3 Å². The second kappa shape index (κ2) is 12.0. The molecule has 0 atom stereocenters. The molecule has 0 bridgehead atoms. The third-order valence-corrected chi connectivity index (χ3v) is 8.43. The fourth-order valence-electron chi connectivity index (χ4n) is 4.38. The third-order valence-electron chi connectivity index (χ3n) is 8.43. The van der Waals surface area contributed by atoms with E-state index in [9.17, 15) is 9.59 Å². The van der Waals surface area contributed by atoms with E-state index in [1.54, 1.807) is 12.1 Å². The Hall–Kier alpha value is -3.40. The van der Waals surface area contributed by atoms with E-state index in [1.165, 1.54) is 5.56 Å². The Labute approximate surface area is 241 Å². The van der Waals surface area contributed by atoms with Gasteiger partial charge in [0.2, 0.25) is 0 Å². The van der Waals surface area contributed by atoms with Gasteiger partial charge in [-0.25, -0.2) is 4.79 Å². The van der Waals surface area contributed by atoms with Crippen LogP contribution < -0.4 is 9.47 Å². The van der Waals surface area contributed by atoms with E-state index in [-0.39, 0.29) is 22.2 Å². The summed E-state index contributed by atoms with van der Waals surface area (Å²) in [5, 5.41) is 0. The molecule has 0 heterocycles. The van der Waals surface area contributed by atoms with E-state index < -0.39 is 5.97 Å². The summed E-state index contributed by atoms with van der Waals surface area (Å²) in [6.45, 7) is 20.8. The lowest BCUT2D eigenvalue weighted by molar-refractivity contribution is -0.126. The Balaban J connectivity index is 1.73. The molecular weight excluding hydrogens is 496 g/mol. The van der Waals surface area contributed by atoms with Crippen molar-refractivity contribution in [3.8, 4) is 11.5 Å². The molecule has 0 radical (unpaired) electrons. The Kier molecular flexibility index (Phi) is 9.34. The van der Waals surface area contributed by atoms with Crippen LogP contribution in [0.3, 0.4) is 0 Å². The van der Waals surface area contributed by atoms with Gasteiger partial charge in [0.1, 0.15) is 22.9 Å². The minimum Gasteiger partial charge on any atom is -0.488 e. The van der Waals surface area contributed by atoms with E-state index in [0.717, 1.165) is 40.8 Å². The predicted molar refractivity (Wildman–Crippen MR) is 164 cm³/mol. The van der Waals surface area contributed by atoms with E-state index in [0.29, 0.717) is 17.7 Å². The molecule has 0 amide bonds. The number of Topliss-reactive ketones (excluding diaryl/α,β-unsaturated/α-hetero) is 1. The summed E-state index contributed by atoms with van der Waals surface area (Å²) in [5.74, 6) is 1.23. The summed E-state index contributed by atoms with van der Waals surface area (Å²) in [7, 11) is 0. The van der Waals surface area contributed by atoms with Crippen molar-refractivity contribution in [3.05, 3.63) is 94.0 Å². The predicted octanol–water partition coefficient (Wildman–Crippen LogP) is 8.96. The summed E-state index contributed by atoms with van der Waals surface area (Å²) >= 11 is 0. The van der Waals surface area contributed by atoms with Gasteiger partial charge in [0.25, 0.3) is 0 Å². The zero-order valence-corrected chi connectivity index (χ0v) is 26.0. The number of ether oxygens (including phenoxy) is 2. The van der Waals surface area contributed by atoms with Crippen LogP contribution in [0.2, 0.25) is 0 Å². The summed E-state index contributed by atoms with van der Waals surface area (Å²) in [5.41, 5.74) is 4.87. The number of carbonyl (C=O) groups excluding carboxylic acids is 2. The van der Waals surface area contributed by atoms with Crippen LogP contribution in [0.1, 0.15) is 106 Å². The maximum atomic E-state index is 12.9. The average Bonchev–Trinajstić information content (AvgIpc) is 2.91. The van der Waals surface area contributed by atoms with E-state index >= 15 is 0 Å². The van der Waals surface area contributed by atoms with E-state index in [2.05, 4.69) is 65.8 Å². The number of benzene rings is 3. The SMILES string of the molecule is CCC(C)(C)Oc1ccc(C(C)(C)c2ccc(OC(=O)c3ccc(CC(=O)C(C)(C)CC)cc3)c(C)c2)cc1C. The molecule has 3 aromatic carbocycles. The van der Waals surface area contributed by atoms with Crippen molar-refractivity contribution in [3.63, 3.8) is 0 Å². The molecule has 3 aromatic rings. The Morgan fingerprint density at radius 2 is 1.23 bits per heavy atom. The zero-order valence-electron chi connectivity index (χ0n) is 26.0. The number of rotatable bonds is 11. The van der Waals surface area contributed by atoms with Crippen molar-refractivity contribution in [1.82, 2.24) is 0 Å². The molecule has 0 saturated heterocycles. The van der Waals surface area contributed by atoms with Gasteiger partial charge >= 0.3 is 5.97 Å². The van der Waals surface area contributed by atoms with Crippen LogP contribution in [0, 0.1) is 19.3 Å². The van der Waals surface area contributed by atoms with Gasteiger partial charge in [-0.2, -0.15) is 0 Å². The van der Waals surface area contributed by atoms with E-state index in [1.807, 2.05) is 52.0 Å². The van der Waals surface area contributed by atoms with Crippen LogP contribution in [0.25, 0.3) is 0 Å². The van der Waals surface area contributed by atoms with Crippen LogP contribution in [0.15, 0.2) is 60.7 Å². The van der Waals surface area contributed by atoms with E-state index in [4.69, 9.17) is 9.47 Å². The molecule has 4 nitrogen and oxygen atoms in total. The van der Waals surface area contributed by atoms with Crippen LogP contribution in [0.5, 0.6) is 11.5 Å². The highest BCUT2D eigenvalue weighted by Crippen LogP contribution is 2.37. The Morgan fingerprint density at radius 1 is 0.700 bits per heavy atom. The number of hydrogen-bond donors (Lipinski definition) is 0. The zero-order chi connectivity index (χ0) is 29.9. The molecule has 0 spiro atoms. The number of esters is 1. The van der Waals surface area contributed by atoms with Crippen molar-refractivity contribution in [1.29, 1.82) is 0 Å². The first kappa shape index (κ1) is 31.1. The monoisotopic (exact) mass is 542 g/mol. The van der Waals surface area contributed by atoms with Gasteiger partial charge in [-0.05, 0) is 92.6 Å². The van der Waals surface area contributed by atoms with Gasteiger partial charge in [-0.15, -0.1) is 0 Å². The second-order valence-electron chi connectivity index (χ2n) is 12.7. The molecule has 0 aliphatic carbocycles. The van der Waals surface area contributed by atoms with Crippen LogP contribution >= 0.6 is 0 Å². The molecule has 0 N–H and O–H groups in total. The van der Waals surface area contributed by atoms with Crippen LogP contribution in [0.4, 0.5) is 0 Å². The normalized spacial score (nSPS) is 12.2. The number of carbonyl (C=O) groups is 2. The van der Waals surface area contributed by atoms with Gasteiger partial charge in [-0.1, -0.05) is 77.9 Å². The number of hydrogen-bond acceptors (Lipinski definition) is 4. The lowest BCUT2D eigenvalue weighted by Crippen LogP contribution is -2.27. The van der Waals surface area contributed by atoms with Crippen molar-refractivity contribution in [2.75, 3.05) is 0 Å². The smallest absolute Gasteiger partial charge is 0.343 e. The van der Waals surface area contributed by atoms with Crippen molar-refractivity contribution in [2.24, 2.45) is 5.41 Å². The second-order valence-corrected chi connectivity index (χ2v) is 12.7. The standard InChI is InChI=1S/C36H46O4/c1-11-34(5,6)32(37)23-26-13-15-27(16-14-26)33(38)39-30-19-17-28(21-24(30)3)36(9,10)29-18-20-31(25(4)22-29)40-35(7,8)12-2/h13-22H,11-12,23H2,1-10H3. The van der Waals surface area contributed by atoms with Gasteiger partial charge in [-0.3, -0.25) is 4.79 Å². The molecule has 4 heteroatoms. The molecule has 0 aliphatic rings. The molecule has 0 unspecified atom stereocenters. The first-order valence-corrected chi connectivity index (χ1v) is 14.4. The van der Waals surface area contributed by atoms with Crippen LogP contribution in [-0.4, -0.2) is 17.4 Å². The van der Waals surface area contributed by atoms with Crippen molar-refractivity contribution < 1.29 is 19.1 Å². The maximum absolute atomic E-state index is 12.9. The highest BCUT2D eigenvalue weighted by molar-refractivity contribution is 5.91. The fraction of sp³-hybridized carbons (Fsp3) is 0.444. The molecule has 40 heavy (non-hydrogen) atoms. The lowest BCUT2D eigenvalue weighted by atomic mass is 9.77. The van der Waals surface area contributed by atoms with Crippen LogP contribution in [-0.2, 0) is 16.6 Å². The summed E-state index contributed by atoms with van der Waals surface area (Å²) in [6, 6.07) is 19.5. The minimum absolute atomic E-state index is 0.198. The summed E-state index contributed by atoms with van der Waals surface area (Å²) in [6.07, 6.45) is 2.09. The Bertz CT molecular complexity index is 1360. The topological polar surface area (TPSA) is 52.6 Å². The molecule has 0 aromatic heterocycles. The number of aryl methyl sites for hydroxylation is 2. The maximum Gasteiger partial charge on any atom is 0.343 e. The highest BCUT2D eigenvalue weighted by Gasteiger charge is 2.27. The lowest BCUT2D eigenvalue weighted by Gasteiger charge is -2.29. The third kappa shape index (κ3) is 7.21. The molecular formula is C36H46O4. The Morgan fingerprint density at radius 3 is 1.70 bits per heavy atom. The molecule has 214 valence electrons. The van der Waals surface area contributed by atoms with Gasteiger partial charge in [0.15, 0.2) is 0 Å². The van der Waals surface area contributed by atoms with Gasteiger partial charge in [0.05, 0.1) is 5.56 Å². The average molecular weight is 543 g/mol. The first-order chi connectivity index (χ1) is 18.6. The number of ketones is 1. The molecule has 0 saturated carbocycles. The quantitative estimate of drug-likeness (QED) is 0.179. The van der Waals surface area contributed by atoms with Crippen molar-refractivity contribution in [2.45, 2.75) is 99.5 Å². The first-order valence-electron chi connectivity index (χ1n) is 14.4. The summed E-state index contributed by atoms with van der Waals surface area (Å²) in [4.78, 5) is 25.4.